The first kappa shape index (κ1) is 8.89. The zero-order valence-corrected chi connectivity index (χ0v) is 8.70. The van der Waals surface area contributed by atoms with E-state index in [1.54, 1.807) is 12.1 Å². The van der Waals surface area contributed by atoms with Crippen molar-refractivity contribution in [2.45, 2.75) is 32.2 Å². The fraction of sp³-hybridized carbons (Fsp3) is 0.417. The highest BCUT2D eigenvalue weighted by Gasteiger charge is 2.23. The largest absolute Gasteiger partial charge is 0.325 e. The van der Waals surface area contributed by atoms with Gasteiger partial charge < -0.3 is 4.57 Å². The van der Waals surface area contributed by atoms with Crippen LogP contribution in [0, 0.1) is 12.7 Å². The third-order valence-electron chi connectivity index (χ3n) is 3.27. The van der Waals surface area contributed by atoms with Crippen molar-refractivity contribution in [3.8, 4) is 0 Å². The SMILES string of the molecule is Cc1nc2ccc(F)cc2n1C1CCC1. The van der Waals surface area contributed by atoms with Gasteiger partial charge in [-0.25, -0.2) is 9.37 Å². The van der Waals surface area contributed by atoms with Gasteiger partial charge in [0.1, 0.15) is 11.6 Å². The third kappa shape index (κ3) is 1.26. The maximum Gasteiger partial charge on any atom is 0.125 e. The number of fused-ring (bicyclic) bond motifs is 1. The Labute approximate surface area is 87.7 Å². The first-order chi connectivity index (χ1) is 7.25. The minimum absolute atomic E-state index is 0.178. The second kappa shape index (κ2) is 3.05. The molecule has 0 unspecified atom stereocenters. The number of rotatable bonds is 1. The molecule has 3 rings (SSSR count). The van der Waals surface area contributed by atoms with Crippen molar-refractivity contribution in [2.75, 3.05) is 0 Å². The van der Waals surface area contributed by atoms with Crippen molar-refractivity contribution in [2.24, 2.45) is 0 Å². The van der Waals surface area contributed by atoms with Gasteiger partial charge in [-0.2, -0.15) is 0 Å². The molecule has 2 aromatic rings. The van der Waals surface area contributed by atoms with Gasteiger partial charge in [-0.1, -0.05) is 0 Å². The van der Waals surface area contributed by atoms with Gasteiger partial charge in [0.05, 0.1) is 11.0 Å². The van der Waals surface area contributed by atoms with E-state index in [0.717, 1.165) is 16.9 Å². The lowest BCUT2D eigenvalue weighted by molar-refractivity contribution is 0.315. The normalized spacial score (nSPS) is 16.9. The van der Waals surface area contributed by atoms with Crippen molar-refractivity contribution in [3.63, 3.8) is 0 Å². The predicted molar refractivity (Wildman–Crippen MR) is 57.3 cm³/mol. The van der Waals surface area contributed by atoms with Crippen LogP contribution in [-0.4, -0.2) is 9.55 Å². The van der Waals surface area contributed by atoms with Gasteiger partial charge in [0.2, 0.25) is 0 Å². The molecule has 1 aliphatic rings. The standard InChI is InChI=1S/C12H13FN2/c1-8-14-11-6-5-9(13)7-12(11)15(8)10-3-2-4-10/h5-7,10H,2-4H2,1H3. The van der Waals surface area contributed by atoms with Crippen LogP contribution in [-0.2, 0) is 0 Å². The van der Waals surface area contributed by atoms with Gasteiger partial charge in [-0.15, -0.1) is 0 Å². The van der Waals surface area contributed by atoms with E-state index < -0.39 is 0 Å². The Hall–Kier alpha value is -1.38. The summed E-state index contributed by atoms with van der Waals surface area (Å²) in [5.74, 6) is 0.822. The molecule has 1 fully saturated rings. The molecule has 1 aliphatic carbocycles. The number of benzene rings is 1. The van der Waals surface area contributed by atoms with Gasteiger partial charge in [-0.05, 0) is 44.4 Å². The van der Waals surface area contributed by atoms with E-state index in [1.165, 1.54) is 25.3 Å². The van der Waals surface area contributed by atoms with Crippen molar-refractivity contribution in [3.05, 3.63) is 29.8 Å². The molecular weight excluding hydrogens is 191 g/mol. The molecule has 15 heavy (non-hydrogen) atoms. The summed E-state index contributed by atoms with van der Waals surface area (Å²) < 4.78 is 15.4. The van der Waals surface area contributed by atoms with E-state index in [-0.39, 0.29) is 5.82 Å². The molecule has 0 spiro atoms. The van der Waals surface area contributed by atoms with Crippen LogP contribution >= 0.6 is 0 Å². The molecule has 0 amide bonds. The lowest BCUT2D eigenvalue weighted by atomic mass is 9.92. The molecule has 0 atom stereocenters. The number of hydrogen-bond acceptors (Lipinski definition) is 1. The monoisotopic (exact) mass is 204 g/mol. The Balaban J connectivity index is 2.25. The summed E-state index contributed by atoms with van der Waals surface area (Å²) in [4.78, 5) is 4.45. The van der Waals surface area contributed by atoms with Crippen LogP contribution in [0.1, 0.15) is 31.1 Å². The molecule has 1 aromatic heterocycles. The Kier molecular flexibility index (Phi) is 1.81. The Morgan fingerprint density at radius 3 is 2.87 bits per heavy atom. The lowest BCUT2D eigenvalue weighted by Crippen LogP contribution is -2.17. The van der Waals surface area contributed by atoms with Crippen LogP contribution in [0.15, 0.2) is 18.2 Å². The van der Waals surface area contributed by atoms with Crippen LogP contribution < -0.4 is 0 Å². The van der Waals surface area contributed by atoms with Gasteiger partial charge in [0.15, 0.2) is 0 Å². The minimum atomic E-state index is -0.178. The third-order valence-corrected chi connectivity index (χ3v) is 3.27. The zero-order valence-electron chi connectivity index (χ0n) is 8.70. The average Bonchev–Trinajstić information content (AvgIpc) is 2.42. The number of aromatic nitrogens is 2. The van der Waals surface area contributed by atoms with Gasteiger partial charge in [0.25, 0.3) is 0 Å². The molecule has 78 valence electrons. The van der Waals surface area contributed by atoms with Gasteiger partial charge in [-0.3, -0.25) is 0 Å². The summed E-state index contributed by atoms with van der Waals surface area (Å²) in [6, 6.07) is 5.36. The fourth-order valence-corrected chi connectivity index (χ4v) is 2.29. The van der Waals surface area contributed by atoms with E-state index in [9.17, 15) is 4.39 Å². The molecule has 3 heteroatoms. The van der Waals surface area contributed by atoms with Crippen LogP contribution in [0.5, 0.6) is 0 Å². The molecular formula is C12H13FN2. The molecule has 2 nitrogen and oxygen atoms in total. The number of hydrogen-bond donors (Lipinski definition) is 0. The molecule has 1 aromatic carbocycles. The van der Waals surface area contributed by atoms with Crippen LogP contribution in [0.4, 0.5) is 4.39 Å². The summed E-state index contributed by atoms with van der Waals surface area (Å²) in [5.41, 5.74) is 1.85. The zero-order chi connectivity index (χ0) is 10.4. The maximum atomic E-state index is 13.2. The van der Waals surface area contributed by atoms with E-state index in [0.29, 0.717) is 6.04 Å². The van der Waals surface area contributed by atoms with Crippen LogP contribution in [0.3, 0.4) is 0 Å². The molecule has 0 radical (unpaired) electrons. The summed E-state index contributed by atoms with van der Waals surface area (Å²) in [6.45, 7) is 2.00. The summed E-state index contributed by atoms with van der Waals surface area (Å²) in [5, 5.41) is 0. The van der Waals surface area contributed by atoms with Crippen molar-refractivity contribution in [1.29, 1.82) is 0 Å². The second-order valence-electron chi connectivity index (χ2n) is 4.25. The second-order valence-corrected chi connectivity index (χ2v) is 4.25. The Bertz CT molecular complexity index is 512. The van der Waals surface area contributed by atoms with Crippen molar-refractivity contribution >= 4 is 11.0 Å². The topological polar surface area (TPSA) is 17.8 Å². The summed E-state index contributed by atoms with van der Waals surface area (Å²) in [6.07, 6.45) is 3.67. The van der Waals surface area contributed by atoms with E-state index in [2.05, 4.69) is 9.55 Å². The van der Waals surface area contributed by atoms with E-state index >= 15 is 0 Å². The quantitative estimate of drug-likeness (QED) is 0.697. The molecule has 0 N–H and O–H groups in total. The molecule has 0 saturated heterocycles. The minimum Gasteiger partial charge on any atom is -0.325 e. The number of aryl methyl sites for hydroxylation is 1. The van der Waals surface area contributed by atoms with Crippen molar-refractivity contribution in [1.82, 2.24) is 9.55 Å². The average molecular weight is 204 g/mol. The summed E-state index contributed by atoms with van der Waals surface area (Å²) >= 11 is 0. The first-order valence-electron chi connectivity index (χ1n) is 5.40. The Morgan fingerprint density at radius 2 is 2.20 bits per heavy atom. The van der Waals surface area contributed by atoms with E-state index in [1.807, 2.05) is 6.92 Å². The highest BCUT2D eigenvalue weighted by molar-refractivity contribution is 5.76. The number of halogens is 1. The molecule has 0 aliphatic heterocycles. The Morgan fingerprint density at radius 1 is 1.40 bits per heavy atom. The number of imidazole rings is 1. The molecule has 1 heterocycles. The van der Waals surface area contributed by atoms with Gasteiger partial charge in [0, 0.05) is 6.04 Å². The predicted octanol–water partition coefficient (Wildman–Crippen LogP) is 3.21. The van der Waals surface area contributed by atoms with Crippen molar-refractivity contribution < 1.29 is 4.39 Å². The van der Waals surface area contributed by atoms with Crippen LogP contribution in [0.2, 0.25) is 0 Å². The highest BCUT2D eigenvalue weighted by Crippen LogP contribution is 2.35. The maximum absolute atomic E-state index is 13.2. The summed E-state index contributed by atoms with van der Waals surface area (Å²) in [7, 11) is 0. The highest BCUT2D eigenvalue weighted by atomic mass is 19.1. The lowest BCUT2D eigenvalue weighted by Gasteiger charge is -2.28. The van der Waals surface area contributed by atoms with Gasteiger partial charge >= 0.3 is 0 Å². The van der Waals surface area contributed by atoms with E-state index in [4.69, 9.17) is 0 Å². The number of nitrogens with zero attached hydrogens (tertiary/aromatic N) is 2. The molecule has 1 saturated carbocycles. The first-order valence-corrected chi connectivity index (χ1v) is 5.40. The smallest absolute Gasteiger partial charge is 0.125 e. The van der Waals surface area contributed by atoms with Crippen LogP contribution in [0.25, 0.3) is 11.0 Å². The molecule has 0 bridgehead atoms. The fourth-order valence-electron chi connectivity index (χ4n) is 2.29.